The Morgan fingerprint density at radius 1 is 1.31 bits per heavy atom. The van der Waals surface area contributed by atoms with Crippen molar-refractivity contribution in [2.45, 2.75) is 39.0 Å². The van der Waals surface area contributed by atoms with Gasteiger partial charge >= 0.3 is 0 Å². The van der Waals surface area contributed by atoms with E-state index in [4.69, 9.17) is 4.98 Å². The van der Waals surface area contributed by atoms with Gasteiger partial charge in [0.2, 0.25) is 0 Å². The van der Waals surface area contributed by atoms with Crippen molar-refractivity contribution in [2.75, 3.05) is 31.6 Å². The number of nitriles is 1. The lowest BCUT2D eigenvalue weighted by atomic mass is 9.95. The van der Waals surface area contributed by atoms with Crippen molar-refractivity contribution in [1.29, 1.82) is 5.26 Å². The van der Waals surface area contributed by atoms with Gasteiger partial charge in [0.1, 0.15) is 11.9 Å². The Morgan fingerprint density at radius 2 is 2.07 bits per heavy atom. The second-order valence-corrected chi connectivity index (χ2v) is 8.34. The Labute approximate surface area is 171 Å². The fourth-order valence-electron chi connectivity index (χ4n) is 4.44. The number of piperidine rings is 1. The van der Waals surface area contributed by atoms with Crippen LogP contribution in [0.4, 0.5) is 5.82 Å². The number of anilines is 1. The Kier molecular flexibility index (Phi) is 5.27. The van der Waals surface area contributed by atoms with E-state index >= 15 is 0 Å². The molecule has 0 aromatic carbocycles. The van der Waals surface area contributed by atoms with Gasteiger partial charge in [0, 0.05) is 45.1 Å². The predicted octanol–water partition coefficient (Wildman–Crippen LogP) is 2.47. The van der Waals surface area contributed by atoms with Crippen molar-refractivity contribution in [3.05, 3.63) is 40.3 Å². The van der Waals surface area contributed by atoms with Crippen LogP contribution in [0.5, 0.6) is 0 Å². The molecule has 0 unspecified atom stereocenters. The molecule has 1 amide bonds. The Hall–Kier alpha value is -2.88. The van der Waals surface area contributed by atoms with Crippen molar-refractivity contribution in [3.8, 4) is 6.07 Å². The molecule has 1 aliphatic carbocycles. The van der Waals surface area contributed by atoms with Crippen molar-refractivity contribution in [1.82, 2.24) is 19.7 Å². The number of hydrogen-bond donors (Lipinski definition) is 0. The smallest absolute Gasteiger partial charge is 0.274 e. The number of carbonyl (C=O) groups excluding carboxylic acids is 1. The summed E-state index contributed by atoms with van der Waals surface area (Å²) in [7, 11) is 3.71. The number of rotatable bonds is 4. The normalized spacial score (nSPS) is 16.6. The maximum atomic E-state index is 12.7. The van der Waals surface area contributed by atoms with E-state index in [-0.39, 0.29) is 5.91 Å². The second-order valence-electron chi connectivity index (χ2n) is 8.34. The molecule has 0 atom stereocenters. The largest absolute Gasteiger partial charge is 0.355 e. The first-order chi connectivity index (χ1) is 14.0. The summed E-state index contributed by atoms with van der Waals surface area (Å²) in [5.41, 5.74) is 4.58. The highest BCUT2D eigenvalue weighted by atomic mass is 16.2. The Morgan fingerprint density at radius 3 is 2.72 bits per heavy atom. The Bertz CT molecular complexity index is 945. The minimum absolute atomic E-state index is 0.0248. The second kappa shape index (κ2) is 7.86. The zero-order valence-electron chi connectivity index (χ0n) is 17.5. The van der Waals surface area contributed by atoms with Crippen LogP contribution in [-0.4, -0.2) is 52.3 Å². The first-order valence-corrected chi connectivity index (χ1v) is 10.4. The molecule has 1 aliphatic heterocycles. The first-order valence-electron chi connectivity index (χ1n) is 10.4. The zero-order valence-corrected chi connectivity index (χ0v) is 17.5. The van der Waals surface area contributed by atoms with Gasteiger partial charge in [-0.2, -0.15) is 10.4 Å². The first kappa shape index (κ1) is 19.4. The van der Waals surface area contributed by atoms with Crippen LogP contribution in [0.2, 0.25) is 0 Å². The van der Waals surface area contributed by atoms with E-state index in [0.29, 0.717) is 17.2 Å². The molecule has 7 heteroatoms. The van der Waals surface area contributed by atoms with Crippen LogP contribution in [0.15, 0.2) is 12.1 Å². The van der Waals surface area contributed by atoms with Crippen molar-refractivity contribution in [3.63, 3.8) is 0 Å². The van der Waals surface area contributed by atoms with Crippen LogP contribution in [0.25, 0.3) is 0 Å². The summed E-state index contributed by atoms with van der Waals surface area (Å²) < 4.78 is 1.73. The van der Waals surface area contributed by atoms with Gasteiger partial charge in [-0.05, 0) is 62.6 Å². The van der Waals surface area contributed by atoms with Crippen LogP contribution >= 0.6 is 0 Å². The molecule has 3 heterocycles. The molecule has 0 bridgehead atoms. The van der Waals surface area contributed by atoms with Gasteiger partial charge in [0.05, 0.1) is 5.56 Å². The van der Waals surface area contributed by atoms with Gasteiger partial charge in [-0.25, -0.2) is 4.98 Å². The Balaban J connectivity index is 1.37. The molecule has 2 aromatic heterocycles. The average Bonchev–Trinajstić information content (AvgIpc) is 3.32. The third kappa shape index (κ3) is 3.84. The predicted molar refractivity (Wildman–Crippen MR) is 111 cm³/mol. The van der Waals surface area contributed by atoms with E-state index in [0.717, 1.165) is 68.9 Å². The number of nitrogens with zero attached hydrogens (tertiary/aromatic N) is 6. The van der Waals surface area contributed by atoms with Gasteiger partial charge in [0.15, 0.2) is 5.69 Å². The van der Waals surface area contributed by atoms with Crippen LogP contribution in [0, 0.1) is 24.2 Å². The van der Waals surface area contributed by atoms with E-state index in [1.807, 2.05) is 33.2 Å². The maximum absolute atomic E-state index is 12.7. The van der Waals surface area contributed by atoms with Gasteiger partial charge < -0.3 is 9.80 Å². The molecule has 0 saturated carbocycles. The molecule has 0 spiro atoms. The minimum atomic E-state index is -0.0248. The van der Waals surface area contributed by atoms with Crippen LogP contribution in [0.3, 0.4) is 0 Å². The SMILES string of the molecule is Cc1cc(C(=O)N(C)CC2CCN(c3nc4c(cc3C#N)CCC4)CC2)nn1C. The molecule has 4 rings (SSSR count). The summed E-state index contributed by atoms with van der Waals surface area (Å²) in [6.07, 6.45) is 5.17. The highest BCUT2D eigenvalue weighted by molar-refractivity contribution is 5.92. The molecule has 0 radical (unpaired) electrons. The summed E-state index contributed by atoms with van der Waals surface area (Å²) in [5, 5.41) is 13.9. The number of aromatic nitrogens is 3. The van der Waals surface area contributed by atoms with Crippen LogP contribution in [-0.2, 0) is 19.9 Å². The monoisotopic (exact) mass is 392 g/mol. The van der Waals surface area contributed by atoms with Crippen molar-refractivity contribution in [2.24, 2.45) is 13.0 Å². The van der Waals surface area contributed by atoms with Gasteiger partial charge in [-0.15, -0.1) is 0 Å². The molecule has 152 valence electrons. The molecule has 7 nitrogen and oxygen atoms in total. The molecular formula is C22H28N6O. The van der Waals surface area contributed by atoms with Gasteiger partial charge in [0.25, 0.3) is 5.91 Å². The summed E-state index contributed by atoms with van der Waals surface area (Å²) in [5.74, 6) is 1.27. The number of carbonyl (C=O) groups is 1. The van der Waals surface area contributed by atoms with Gasteiger partial charge in [-0.3, -0.25) is 9.48 Å². The maximum Gasteiger partial charge on any atom is 0.274 e. The van der Waals surface area contributed by atoms with Crippen LogP contribution in [0.1, 0.15) is 52.3 Å². The van der Waals surface area contributed by atoms with Crippen molar-refractivity contribution < 1.29 is 4.79 Å². The number of hydrogen-bond acceptors (Lipinski definition) is 5. The third-order valence-electron chi connectivity index (χ3n) is 6.28. The summed E-state index contributed by atoms with van der Waals surface area (Å²) in [6, 6.07) is 6.22. The van der Waals surface area contributed by atoms with E-state index in [9.17, 15) is 10.1 Å². The summed E-state index contributed by atoms with van der Waals surface area (Å²) >= 11 is 0. The molecule has 2 aromatic rings. The fourth-order valence-corrected chi connectivity index (χ4v) is 4.44. The quantitative estimate of drug-likeness (QED) is 0.799. The number of amides is 1. The van der Waals surface area contributed by atoms with E-state index in [1.165, 1.54) is 5.56 Å². The zero-order chi connectivity index (χ0) is 20.5. The topological polar surface area (TPSA) is 78.1 Å². The number of fused-ring (bicyclic) bond motifs is 1. The molecule has 29 heavy (non-hydrogen) atoms. The molecular weight excluding hydrogens is 364 g/mol. The molecule has 1 saturated heterocycles. The highest BCUT2D eigenvalue weighted by Crippen LogP contribution is 2.30. The van der Waals surface area contributed by atoms with Crippen LogP contribution < -0.4 is 4.90 Å². The average molecular weight is 393 g/mol. The molecule has 0 N–H and O–H groups in total. The van der Waals surface area contributed by atoms with Crippen molar-refractivity contribution >= 4 is 11.7 Å². The van der Waals surface area contributed by atoms with Gasteiger partial charge in [-0.1, -0.05) is 0 Å². The lowest BCUT2D eigenvalue weighted by Crippen LogP contribution is -2.40. The minimum Gasteiger partial charge on any atom is -0.355 e. The number of pyridine rings is 1. The highest BCUT2D eigenvalue weighted by Gasteiger charge is 2.26. The third-order valence-corrected chi connectivity index (χ3v) is 6.28. The lowest BCUT2D eigenvalue weighted by Gasteiger charge is -2.35. The molecule has 2 aliphatic rings. The standard InChI is InChI=1S/C22H28N6O/c1-15-11-20(25-27(15)3)22(29)26(2)14-16-7-9-28(10-8-16)21-18(13-23)12-17-5-4-6-19(17)24-21/h11-12,16H,4-10,14H2,1-3H3. The molecule has 1 fully saturated rings. The lowest BCUT2D eigenvalue weighted by molar-refractivity contribution is 0.0758. The van der Waals surface area contributed by atoms with E-state index in [2.05, 4.69) is 16.1 Å². The number of aryl methyl sites for hydroxylation is 4. The summed E-state index contributed by atoms with van der Waals surface area (Å²) in [4.78, 5) is 21.5. The fraction of sp³-hybridized carbons (Fsp3) is 0.545. The van der Waals surface area contributed by atoms with E-state index < -0.39 is 0 Å². The summed E-state index contributed by atoms with van der Waals surface area (Å²) in [6.45, 7) is 4.42. The van der Waals surface area contributed by atoms with E-state index in [1.54, 1.807) is 9.58 Å².